The van der Waals surface area contributed by atoms with Crippen LogP contribution in [0.25, 0.3) is 11.3 Å². The van der Waals surface area contributed by atoms with Gasteiger partial charge in [-0.25, -0.2) is 0 Å². The van der Waals surface area contributed by atoms with Gasteiger partial charge >= 0.3 is 0 Å². The predicted molar refractivity (Wildman–Crippen MR) is 68.6 cm³/mol. The second-order valence-electron chi connectivity index (χ2n) is 4.38. The monoisotopic (exact) mass is 211 g/mol. The molecule has 82 valence electrons. The smallest absolute Gasteiger partial charge is 0.0739 e. The summed E-state index contributed by atoms with van der Waals surface area (Å²) in [6.45, 7) is 8.45. The first-order valence-corrected chi connectivity index (χ1v) is 5.60. The zero-order chi connectivity index (χ0) is 11.7. The van der Waals surface area contributed by atoms with E-state index in [2.05, 4.69) is 56.1 Å². The summed E-state index contributed by atoms with van der Waals surface area (Å²) in [5.41, 5.74) is 7.30. The van der Waals surface area contributed by atoms with E-state index in [1.54, 1.807) is 0 Å². The molecule has 0 aliphatic heterocycles. The lowest BCUT2D eigenvalue weighted by molar-refractivity contribution is 1.16. The molecule has 0 bridgehead atoms. The fourth-order valence-corrected chi connectivity index (χ4v) is 2.07. The summed E-state index contributed by atoms with van der Waals surface area (Å²) in [5, 5.41) is 0. The number of nitrogens with zero attached hydrogens (tertiary/aromatic N) is 1. The lowest BCUT2D eigenvalue weighted by atomic mass is 9.97. The molecule has 2 aromatic rings. The summed E-state index contributed by atoms with van der Waals surface area (Å²) in [6, 6.07) is 10.6. The summed E-state index contributed by atoms with van der Waals surface area (Å²) >= 11 is 0. The van der Waals surface area contributed by atoms with Crippen LogP contribution in [-0.4, -0.2) is 4.98 Å². The number of pyridine rings is 1. The van der Waals surface area contributed by atoms with Crippen LogP contribution in [0.3, 0.4) is 0 Å². The number of aromatic nitrogens is 1. The normalized spacial score (nSPS) is 10.5. The molecule has 0 saturated carbocycles. The lowest BCUT2D eigenvalue weighted by Crippen LogP contribution is -1.95. The van der Waals surface area contributed by atoms with Crippen molar-refractivity contribution >= 4 is 0 Å². The largest absolute Gasteiger partial charge is 0.253 e. The van der Waals surface area contributed by atoms with E-state index in [1.165, 1.54) is 22.3 Å². The van der Waals surface area contributed by atoms with Crippen LogP contribution in [-0.2, 0) is 0 Å². The molecule has 2 rings (SSSR count). The van der Waals surface area contributed by atoms with Gasteiger partial charge in [0.2, 0.25) is 0 Å². The highest BCUT2D eigenvalue weighted by atomic mass is 14.7. The minimum Gasteiger partial charge on any atom is -0.253 e. The van der Waals surface area contributed by atoms with Gasteiger partial charge in [-0.3, -0.25) is 4.98 Å². The van der Waals surface area contributed by atoms with Gasteiger partial charge in [-0.2, -0.15) is 0 Å². The average molecular weight is 211 g/mol. The van der Waals surface area contributed by atoms with E-state index >= 15 is 0 Å². The molecule has 0 aliphatic rings. The molecule has 1 heteroatoms. The highest BCUT2D eigenvalue weighted by Gasteiger charge is 2.09. The number of hydrogen-bond donors (Lipinski definition) is 0. The van der Waals surface area contributed by atoms with Crippen molar-refractivity contribution in [1.29, 1.82) is 0 Å². The molecular formula is C15H17N. The van der Waals surface area contributed by atoms with Crippen molar-refractivity contribution in [3.8, 4) is 11.3 Å². The number of rotatable bonds is 1. The Morgan fingerprint density at radius 2 is 1.38 bits per heavy atom. The van der Waals surface area contributed by atoms with E-state index in [4.69, 9.17) is 0 Å². The van der Waals surface area contributed by atoms with Crippen molar-refractivity contribution in [1.82, 2.24) is 4.98 Å². The van der Waals surface area contributed by atoms with Crippen molar-refractivity contribution in [3.05, 3.63) is 52.7 Å². The van der Waals surface area contributed by atoms with Crippen molar-refractivity contribution < 1.29 is 0 Å². The summed E-state index contributed by atoms with van der Waals surface area (Å²) in [7, 11) is 0. The van der Waals surface area contributed by atoms with Crippen LogP contribution < -0.4 is 0 Å². The predicted octanol–water partition coefficient (Wildman–Crippen LogP) is 3.98. The first-order chi connectivity index (χ1) is 7.59. The van der Waals surface area contributed by atoms with E-state index < -0.39 is 0 Å². The van der Waals surface area contributed by atoms with Gasteiger partial charge in [0.1, 0.15) is 0 Å². The molecule has 1 heterocycles. The minimum absolute atomic E-state index is 1.07. The van der Waals surface area contributed by atoms with Gasteiger partial charge in [-0.15, -0.1) is 0 Å². The third-order valence-electron chi connectivity index (χ3n) is 2.95. The standard InChI is InChI=1S/C15H17N/c1-10-6-5-7-11(2)14(10)15-12(3)8-9-13(4)16-15/h5-9H,1-4H3. The summed E-state index contributed by atoms with van der Waals surface area (Å²) < 4.78 is 0. The van der Waals surface area contributed by atoms with Crippen LogP contribution in [0.1, 0.15) is 22.4 Å². The zero-order valence-corrected chi connectivity index (χ0v) is 10.3. The quantitative estimate of drug-likeness (QED) is 0.695. The molecule has 0 fully saturated rings. The molecule has 0 amide bonds. The maximum atomic E-state index is 4.66. The molecular weight excluding hydrogens is 194 g/mol. The zero-order valence-electron chi connectivity index (χ0n) is 10.3. The molecule has 0 saturated heterocycles. The Kier molecular flexibility index (Phi) is 2.78. The maximum absolute atomic E-state index is 4.66. The Labute approximate surface area is 97.2 Å². The number of benzene rings is 1. The van der Waals surface area contributed by atoms with Crippen LogP contribution in [0.2, 0.25) is 0 Å². The molecule has 0 atom stereocenters. The van der Waals surface area contributed by atoms with E-state index in [1.807, 2.05) is 6.92 Å². The number of hydrogen-bond acceptors (Lipinski definition) is 1. The second kappa shape index (κ2) is 4.09. The maximum Gasteiger partial charge on any atom is 0.0739 e. The van der Waals surface area contributed by atoms with Crippen LogP contribution in [0, 0.1) is 27.7 Å². The van der Waals surface area contributed by atoms with Crippen LogP contribution in [0.5, 0.6) is 0 Å². The van der Waals surface area contributed by atoms with Crippen molar-refractivity contribution in [2.24, 2.45) is 0 Å². The highest BCUT2D eigenvalue weighted by Crippen LogP contribution is 2.28. The van der Waals surface area contributed by atoms with Crippen molar-refractivity contribution in [2.75, 3.05) is 0 Å². The Hall–Kier alpha value is -1.63. The molecule has 1 aromatic carbocycles. The molecule has 0 spiro atoms. The Morgan fingerprint density at radius 1 is 0.750 bits per heavy atom. The van der Waals surface area contributed by atoms with Crippen molar-refractivity contribution in [3.63, 3.8) is 0 Å². The minimum atomic E-state index is 1.07. The van der Waals surface area contributed by atoms with Gasteiger partial charge < -0.3 is 0 Å². The van der Waals surface area contributed by atoms with Gasteiger partial charge in [0, 0.05) is 11.3 Å². The highest BCUT2D eigenvalue weighted by molar-refractivity contribution is 5.70. The van der Waals surface area contributed by atoms with Crippen molar-refractivity contribution in [2.45, 2.75) is 27.7 Å². The Morgan fingerprint density at radius 3 is 2.00 bits per heavy atom. The Bertz CT molecular complexity index is 507. The first-order valence-electron chi connectivity index (χ1n) is 5.60. The fraction of sp³-hybridized carbons (Fsp3) is 0.267. The van der Waals surface area contributed by atoms with Gasteiger partial charge in [0.25, 0.3) is 0 Å². The van der Waals surface area contributed by atoms with Gasteiger partial charge in [0.05, 0.1) is 5.69 Å². The van der Waals surface area contributed by atoms with Gasteiger partial charge in [-0.05, 0) is 50.5 Å². The molecule has 16 heavy (non-hydrogen) atoms. The lowest BCUT2D eigenvalue weighted by Gasteiger charge is -2.12. The van der Waals surface area contributed by atoms with E-state index in [0.717, 1.165) is 11.4 Å². The first kappa shape index (κ1) is 10.9. The fourth-order valence-electron chi connectivity index (χ4n) is 2.07. The SMILES string of the molecule is Cc1ccc(C)c(-c2c(C)cccc2C)n1. The molecule has 0 aliphatic carbocycles. The second-order valence-corrected chi connectivity index (χ2v) is 4.38. The van der Waals surface area contributed by atoms with Crippen LogP contribution in [0.15, 0.2) is 30.3 Å². The topological polar surface area (TPSA) is 12.9 Å². The van der Waals surface area contributed by atoms with Crippen LogP contribution >= 0.6 is 0 Å². The molecule has 0 unspecified atom stereocenters. The van der Waals surface area contributed by atoms with E-state index in [-0.39, 0.29) is 0 Å². The van der Waals surface area contributed by atoms with Gasteiger partial charge in [0.15, 0.2) is 0 Å². The molecule has 1 aromatic heterocycles. The van der Waals surface area contributed by atoms with E-state index in [9.17, 15) is 0 Å². The summed E-state index contributed by atoms with van der Waals surface area (Å²) in [4.78, 5) is 4.66. The molecule has 0 N–H and O–H groups in total. The van der Waals surface area contributed by atoms with E-state index in [0.29, 0.717) is 0 Å². The summed E-state index contributed by atoms with van der Waals surface area (Å²) in [6.07, 6.45) is 0. The van der Waals surface area contributed by atoms with Crippen LogP contribution in [0.4, 0.5) is 0 Å². The van der Waals surface area contributed by atoms with Gasteiger partial charge in [-0.1, -0.05) is 24.3 Å². The average Bonchev–Trinajstić information content (AvgIpc) is 2.23. The molecule has 0 radical (unpaired) electrons. The number of aryl methyl sites for hydroxylation is 4. The Balaban J connectivity index is 2.72. The third kappa shape index (κ3) is 1.85. The third-order valence-corrected chi connectivity index (χ3v) is 2.95. The summed E-state index contributed by atoms with van der Waals surface area (Å²) in [5.74, 6) is 0. The molecule has 1 nitrogen and oxygen atoms in total.